The van der Waals surface area contributed by atoms with E-state index < -0.39 is 6.17 Å². The molecule has 0 radical (unpaired) electrons. The monoisotopic (exact) mass is 400 g/mol. The van der Waals surface area contributed by atoms with Crippen LogP contribution in [0.2, 0.25) is 0 Å². The topological polar surface area (TPSA) is 65.0 Å². The van der Waals surface area contributed by atoms with E-state index in [1.165, 1.54) is 18.4 Å². The Morgan fingerprint density at radius 3 is 2.93 bits per heavy atom. The van der Waals surface area contributed by atoms with Gasteiger partial charge in [-0.1, -0.05) is 0 Å². The molecule has 2 heterocycles. The molecule has 3 rings (SSSR count). The van der Waals surface area contributed by atoms with Crippen molar-refractivity contribution in [3.8, 4) is 0 Å². The van der Waals surface area contributed by atoms with Gasteiger partial charge < -0.3 is 19.3 Å². The van der Waals surface area contributed by atoms with Gasteiger partial charge in [-0.2, -0.15) is 0 Å². The molecule has 1 aromatic rings. The fraction of sp³-hybridized carbons (Fsp3) is 0.750. The lowest BCUT2D eigenvalue weighted by molar-refractivity contribution is -0.198. The first-order valence-corrected chi connectivity index (χ1v) is 10.6. The number of methoxy groups -OCH3 is 1. The second kappa shape index (κ2) is 9.96. The van der Waals surface area contributed by atoms with Crippen molar-refractivity contribution in [3.05, 3.63) is 21.9 Å². The summed E-state index contributed by atoms with van der Waals surface area (Å²) in [6.07, 6.45) is 4.11. The number of aryl methyl sites for hydroxylation is 1. The summed E-state index contributed by atoms with van der Waals surface area (Å²) in [6, 6.07) is 3.69. The van der Waals surface area contributed by atoms with Crippen molar-refractivity contribution in [3.63, 3.8) is 0 Å². The Bertz CT molecular complexity index is 601. The van der Waals surface area contributed by atoms with Gasteiger partial charge in [0.2, 0.25) is 0 Å². The van der Waals surface area contributed by atoms with Crippen molar-refractivity contribution >= 4 is 17.3 Å². The minimum absolute atomic E-state index is 0.0615. The van der Waals surface area contributed by atoms with E-state index >= 15 is 0 Å². The molecule has 2 aliphatic rings. The van der Waals surface area contributed by atoms with E-state index in [0.717, 1.165) is 37.0 Å². The van der Waals surface area contributed by atoms with Crippen LogP contribution in [0.4, 0.5) is 4.39 Å². The average Bonchev–Trinajstić information content (AvgIpc) is 3.27. The Morgan fingerprint density at radius 2 is 2.22 bits per heavy atom. The van der Waals surface area contributed by atoms with Crippen molar-refractivity contribution < 1.29 is 28.5 Å². The second-order valence-corrected chi connectivity index (χ2v) is 8.55. The number of hydrogen-bond donors (Lipinski definition) is 1. The zero-order valence-electron chi connectivity index (χ0n) is 15.8. The highest BCUT2D eigenvalue weighted by atomic mass is 32.1. The maximum Gasteiger partial charge on any atom is 0.348 e. The lowest BCUT2D eigenvalue weighted by Crippen LogP contribution is -2.33. The summed E-state index contributed by atoms with van der Waals surface area (Å²) in [5.74, 6) is -0.695. The number of alkyl halides is 1. The third kappa shape index (κ3) is 5.28. The second-order valence-electron chi connectivity index (χ2n) is 7.38. The van der Waals surface area contributed by atoms with Crippen LogP contribution in [0.3, 0.4) is 0 Å². The Labute approximate surface area is 163 Å². The van der Waals surface area contributed by atoms with Gasteiger partial charge in [0.25, 0.3) is 0 Å². The number of aliphatic hydroxyl groups is 1. The maximum absolute atomic E-state index is 14.6. The Kier molecular flexibility index (Phi) is 7.64. The smallest absolute Gasteiger partial charge is 0.348 e. The van der Waals surface area contributed by atoms with Crippen molar-refractivity contribution in [2.45, 2.75) is 63.5 Å². The minimum atomic E-state index is -0.954. The van der Waals surface area contributed by atoms with Crippen LogP contribution in [-0.2, 0) is 20.6 Å². The molecule has 0 spiro atoms. The molecule has 7 heteroatoms. The highest BCUT2D eigenvalue weighted by Gasteiger charge is 2.44. The highest BCUT2D eigenvalue weighted by molar-refractivity contribution is 7.13. The van der Waals surface area contributed by atoms with Gasteiger partial charge in [-0.15, -0.1) is 11.3 Å². The molecule has 1 aliphatic heterocycles. The zero-order valence-corrected chi connectivity index (χ0v) is 16.6. The van der Waals surface area contributed by atoms with Crippen LogP contribution >= 0.6 is 11.3 Å². The number of aliphatic hydroxyl groups excluding tert-OH is 1. The van der Waals surface area contributed by atoms with Crippen LogP contribution in [0.15, 0.2) is 12.1 Å². The molecule has 1 saturated heterocycles. The van der Waals surface area contributed by atoms with Gasteiger partial charge in [-0.3, -0.25) is 0 Å². The van der Waals surface area contributed by atoms with Crippen LogP contribution < -0.4 is 0 Å². The number of carbonyl (C=O) groups is 1. The van der Waals surface area contributed by atoms with Crippen molar-refractivity contribution in [1.29, 1.82) is 0 Å². The van der Waals surface area contributed by atoms with Crippen molar-refractivity contribution in [1.82, 2.24) is 0 Å². The summed E-state index contributed by atoms with van der Waals surface area (Å²) in [5.41, 5.74) is 0. The largest absolute Gasteiger partial charge is 0.465 e. The number of carbonyl (C=O) groups excluding carboxylic acids is 1. The molecular weight excluding hydrogens is 371 g/mol. The van der Waals surface area contributed by atoms with Crippen LogP contribution in [0.5, 0.6) is 0 Å². The fourth-order valence-electron chi connectivity index (χ4n) is 4.17. The summed E-state index contributed by atoms with van der Waals surface area (Å²) in [5, 5.41) is 9.83. The quantitative estimate of drug-likeness (QED) is 0.674. The van der Waals surface area contributed by atoms with Crippen molar-refractivity contribution in [2.75, 3.05) is 20.3 Å². The van der Waals surface area contributed by atoms with E-state index in [2.05, 4.69) is 0 Å². The molecular formula is C20H29FO5S. The number of rotatable bonds is 8. The zero-order chi connectivity index (χ0) is 19.2. The van der Waals surface area contributed by atoms with E-state index in [9.17, 15) is 14.3 Å². The Balaban J connectivity index is 1.49. The Hall–Kier alpha value is -1.02. The van der Waals surface area contributed by atoms with E-state index in [-0.39, 0.29) is 36.8 Å². The van der Waals surface area contributed by atoms with Gasteiger partial charge >= 0.3 is 5.97 Å². The van der Waals surface area contributed by atoms with Crippen LogP contribution in [0.25, 0.3) is 0 Å². The lowest BCUT2D eigenvalue weighted by Gasteiger charge is -2.29. The first kappa shape index (κ1) is 20.7. The van der Waals surface area contributed by atoms with Crippen LogP contribution in [0.1, 0.15) is 53.1 Å². The number of hydrogen-bond acceptors (Lipinski definition) is 6. The molecule has 1 aromatic heterocycles. The third-order valence-electron chi connectivity index (χ3n) is 5.63. The molecule has 0 amide bonds. The fourth-order valence-corrected chi connectivity index (χ4v) is 5.14. The van der Waals surface area contributed by atoms with Gasteiger partial charge in [0.15, 0.2) is 6.29 Å². The molecule has 152 valence electrons. The number of thiophene rings is 1. The standard InChI is InChI=1S/C20H29FO5S/c1-24-20(23)18-9-8-13(27-18)5-4-6-14-15(12-22)17(11-16(14)21)26-19-7-2-3-10-25-19/h8-9,14-17,19,22H,2-7,10-12H2,1H3/t14-,15-,16-,17-,19?/m1/s1. The SMILES string of the molecule is COC(=O)c1ccc(CCC[C@@H]2[C@@H](CO)[C@H](OC3CCCCO3)C[C@H]2F)s1. The van der Waals surface area contributed by atoms with Gasteiger partial charge in [-0.05, 0) is 56.6 Å². The molecule has 1 saturated carbocycles. The van der Waals surface area contributed by atoms with E-state index in [1.54, 1.807) is 6.07 Å². The molecule has 0 aromatic carbocycles. The summed E-state index contributed by atoms with van der Waals surface area (Å²) in [6.45, 7) is 0.631. The summed E-state index contributed by atoms with van der Waals surface area (Å²) in [4.78, 5) is 13.2. The van der Waals surface area contributed by atoms with Gasteiger partial charge in [0, 0.05) is 30.4 Å². The van der Waals surface area contributed by atoms with Crippen LogP contribution in [-0.4, -0.2) is 50.0 Å². The molecule has 5 nitrogen and oxygen atoms in total. The molecule has 5 atom stereocenters. The average molecular weight is 401 g/mol. The van der Waals surface area contributed by atoms with Gasteiger partial charge in [0.05, 0.1) is 13.2 Å². The molecule has 1 N–H and O–H groups in total. The van der Waals surface area contributed by atoms with Gasteiger partial charge in [-0.25, -0.2) is 9.18 Å². The molecule has 2 fully saturated rings. The predicted molar refractivity (Wildman–Crippen MR) is 101 cm³/mol. The first-order valence-electron chi connectivity index (χ1n) is 9.81. The summed E-state index contributed by atoms with van der Waals surface area (Å²) >= 11 is 1.42. The molecule has 1 unspecified atom stereocenters. The third-order valence-corrected chi connectivity index (χ3v) is 6.76. The summed E-state index contributed by atoms with van der Waals surface area (Å²) < 4.78 is 30.9. The number of ether oxygens (including phenoxy) is 3. The van der Waals surface area contributed by atoms with Crippen LogP contribution in [0, 0.1) is 11.8 Å². The van der Waals surface area contributed by atoms with Gasteiger partial charge in [0.1, 0.15) is 11.0 Å². The number of halogens is 1. The summed E-state index contributed by atoms with van der Waals surface area (Å²) in [7, 11) is 1.37. The highest BCUT2D eigenvalue weighted by Crippen LogP contribution is 2.40. The maximum atomic E-state index is 14.6. The van der Waals surface area contributed by atoms with Crippen molar-refractivity contribution in [2.24, 2.45) is 11.8 Å². The normalized spacial score (nSPS) is 31.1. The Morgan fingerprint density at radius 1 is 1.37 bits per heavy atom. The first-order chi connectivity index (χ1) is 13.1. The van der Waals surface area contributed by atoms with E-state index in [4.69, 9.17) is 14.2 Å². The minimum Gasteiger partial charge on any atom is -0.465 e. The number of esters is 1. The lowest BCUT2D eigenvalue weighted by atomic mass is 9.90. The predicted octanol–water partition coefficient (Wildman–Crippen LogP) is 3.74. The molecule has 0 bridgehead atoms. The van der Waals surface area contributed by atoms with E-state index in [0.29, 0.717) is 24.3 Å². The molecule has 1 aliphatic carbocycles. The van der Waals surface area contributed by atoms with E-state index in [1.807, 2.05) is 6.07 Å². The molecule has 27 heavy (non-hydrogen) atoms.